The third kappa shape index (κ3) is 2.51. The number of nitro groups is 1. The van der Waals surface area contributed by atoms with E-state index in [1.807, 2.05) is 0 Å². The Morgan fingerprint density at radius 2 is 2.13 bits per heavy atom. The van der Waals surface area contributed by atoms with Crippen LogP contribution in [-0.2, 0) is 9.84 Å². The van der Waals surface area contributed by atoms with E-state index in [0.717, 1.165) is 6.07 Å². The minimum atomic E-state index is -3.73. The number of non-ortho nitro benzene ring substituents is 1. The molecule has 0 bridgehead atoms. The fraction of sp³-hybridized carbons (Fsp3) is 0.125. The van der Waals surface area contributed by atoms with Gasteiger partial charge in [-0.05, 0) is 6.07 Å². The van der Waals surface area contributed by atoms with Gasteiger partial charge in [-0.3, -0.25) is 10.1 Å². The maximum Gasteiger partial charge on any atom is 0.270 e. The second kappa shape index (κ2) is 4.06. The molecule has 6 nitrogen and oxygen atoms in total. The maximum absolute atomic E-state index is 11.4. The van der Waals surface area contributed by atoms with Gasteiger partial charge in [-0.2, -0.15) is 5.26 Å². The van der Waals surface area contributed by atoms with E-state index in [9.17, 15) is 18.5 Å². The molecule has 0 saturated heterocycles. The molecule has 0 radical (unpaired) electrons. The fourth-order valence-corrected chi connectivity index (χ4v) is 1.88. The van der Waals surface area contributed by atoms with Crippen LogP contribution in [-0.4, -0.2) is 19.1 Å². The van der Waals surface area contributed by atoms with E-state index >= 15 is 0 Å². The molecule has 1 aromatic rings. The first-order valence-electron chi connectivity index (χ1n) is 3.81. The summed E-state index contributed by atoms with van der Waals surface area (Å²) in [5.41, 5.74) is -0.311. The van der Waals surface area contributed by atoms with Gasteiger partial charge in [0.05, 0.1) is 15.9 Å². The van der Waals surface area contributed by atoms with Crippen molar-refractivity contribution in [1.82, 2.24) is 0 Å². The molecule has 0 aromatic heterocycles. The molecule has 0 aliphatic rings. The molecule has 78 valence electrons. The van der Waals surface area contributed by atoms with Crippen LogP contribution >= 0.6 is 0 Å². The fourth-order valence-electron chi connectivity index (χ4n) is 0.959. The van der Waals surface area contributed by atoms with Crippen molar-refractivity contribution in [1.29, 1.82) is 5.26 Å². The molecule has 0 amide bonds. The van der Waals surface area contributed by atoms with Gasteiger partial charge in [0.15, 0.2) is 9.84 Å². The largest absolute Gasteiger partial charge is 0.270 e. The second-order valence-corrected chi connectivity index (χ2v) is 4.66. The molecule has 0 aliphatic heterocycles. The van der Waals surface area contributed by atoms with E-state index < -0.39 is 20.5 Å². The van der Waals surface area contributed by atoms with Gasteiger partial charge >= 0.3 is 0 Å². The Bertz CT molecular complexity index is 530. The normalized spacial score (nSPS) is 10.6. The Kier molecular flexibility index (Phi) is 3.01. The molecule has 0 saturated carbocycles. The standard InChI is InChI=1S/C8H6N2O4S/c9-4-5-15(13,14)8-3-1-2-7(6-8)10(11)12/h1-3,6H,5H2. The smallest absolute Gasteiger partial charge is 0.258 e. The third-order valence-corrected chi connectivity index (χ3v) is 3.12. The van der Waals surface area contributed by atoms with Crippen molar-refractivity contribution < 1.29 is 13.3 Å². The summed E-state index contributed by atoms with van der Waals surface area (Å²) in [6.45, 7) is 0. The van der Waals surface area contributed by atoms with Crippen molar-refractivity contribution in [3.63, 3.8) is 0 Å². The van der Waals surface area contributed by atoms with Crippen molar-refractivity contribution in [2.75, 3.05) is 5.75 Å². The molecule has 7 heteroatoms. The van der Waals surface area contributed by atoms with Crippen LogP contribution in [0.15, 0.2) is 29.2 Å². The Morgan fingerprint density at radius 3 is 2.67 bits per heavy atom. The van der Waals surface area contributed by atoms with Crippen LogP contribution in [0, 0.1) is 21.4 Å². The van der Waals surface area contributed by atoms with Crippen molar-refractivity contribution in [3.05, 3.63) is 34.4 Å². The van der Waals surface area contributed by atoms with Crippen molar-refractivity contribution in [2.24, 2.45) is 0 Å². The summed E-state index contributed by atoms with van der Waals surface area (Å²) in [5, 5.41) is 18.7. The molecule has 1 rings (SSSR count). The summed E-state index contributed by atoms with van der Waals surface area (Å²) < 4.78 is 22.7. The van der Waals surface area contributed by atoms with E-state index in [1.165, 1.54) is 24.3 Å². The highest BCUT2D eigenvalue weighted by Gasteiger charge is 2.16. The predicted molar refractivity (Wildman–Crippen MR) is 50.8 cm³/mol. The van der Waals surface area contributed by atoms with Crippen LogP contribution in [0.25, 0.3) is 0 Å². The van der Waals surface area contributed by atoms with Gasteiger partial charge < -0.3 is 0 Å². The molecular weight excluding hydrogens is 220 g/mol. The van der Waals surface area contributed by atoms with E-state index in [4.69, 9.17) is 5.26 Å². The minimum absolute atomic E-state index is 0.210. The van der Waals surface area contributed by atoms with Gasteiger partial charge in [-0.15, -0.1) is 0 Å². The monoisotopic (exact) mass is 226 g/mol. The summed E-state index contributed by atoms with van der Waals surface area (Å²) >= 11 is 0. The van der Waals surface area contributed by atoms with E-state index in [1.54, 1.807) is 0 Å². The number of nitriles is 1. The first-order chi connectivity index (χ1) is 6.97. The summed E-state index contributed by atoms with van der Waals surface area (Å²) in [6.07, 6.45) is 0. The number of rotatable bonds is 3. The van der Waals surface area contributed by atoms with Gasteiger partial charge in [0, 0.05) is 12.1 Å². The summed E-state index contributed by atoms with van der Waals surface area (Å²) in [6, 6.07) is 6.11. The van der Waals surface area contributed by atoms with Crippen LogP contribution in [0.2, 0.25) is 0 Å². The lowest BCUT2D eigenvalue weighted by atomic mass is 10.3. The van der Waals surface area contributed by atoms with E-state index in [0.29, 0.717) is 0 Å². The quantitative estimate of drug-likeness (QED) is 0.562. The summed E-state index contributed by atoms with van der Waals surface area (Å²) in [5.74, 6) is -0.686. The SMILES string of the molecule is N#CCS(=O)(=O)c1cccc([N+](=O)[O-])c1. The zero-order chi connectivity index (χ0) is 11.5. The molecule has 0 atom stereocenters. The Labute approximate surface area is 85.8 Å². The lowest BCUT2D eigenvalue weighted by molar-refractivity contribution is -0.385. The predicted octanol–water partition coefficient (Wildman–Crippen LogP) is 0.892. The minimum Gasteiger partial charge on any atom is -0.258 e. The topological polar surface area (TPSA) is 101 Å². The molecule has 1 aromatic carbocycles. The average molecular weight is 226 g/mol. The zero-order valence-electron chi connectivity index (χ0n) is 7.45. The van der Waals surface area contributed by atoms with Crippen molar-refractivity contribution in [2.45, 2.75) is 4.90 Å². The molecule has 0 aliphatic carbocycles. The van der Waals surface area contributed by atoms with Gasteiger partial charge in [0.1, 0.15) is 5.75 Å². The van der Waals surface area contributed by atoms with Gasteiger partial charge in [-0.25, -0.2) is 8.42 Å². The number of hydrogen-bond donors (Lipinski definition) is 0. The average Bonchev–Trinajstić information content (AvgIpc) is 2.18. The van der Waals surface area contributed by atoms with Crippen molar-refractivity contribution >= 4 is 15.5 Å². The summed E-state index contributed by atoms with van der Waals surface area (Å²) in [4.78, 5) is 9.48. The Morgan fingerprint density at radius 1 is 1.47 bits per heavy atom. The van der Waals surface area contributed by atoms with E-state index in [2.05, 4.69) is 0 Å². The van der Waals surface area contributed by atoms with Gasteiger partial charge in [-0.1, -0.05) is 6.07 Å². The molecule has 0 N–H and O–H groups in total. The summed E-state index contributed by atoms with van der Waals surface area (Å²) in [7, 11) is -3.73. The molecule has 0 fully saturated rings. The van der Waals surface area contributed by atoms with E-state index in [-0.39, 0.29) is 10.6 Å². The number of nitrogens with zero attached hydrogens (tertiary/aromatic N) is 2. The highest BCUT2D eigenvalue weighted by atomic mass is 32.2. The third-order valence-electron chi connectivity index (χ3n) is 1.64. The maximum atomic E-state index is 11.4. The molecule has 0 unspecified atom stereocenters. The lowest BCUT2D eigenvalue weighted by Gasteiger charge is -1.98. The van der Waals surface area contributed by atoms with Crippen LogP contribution in [0.3, 0.4) is 0 Å². The molecule has 15 heavy (non-hydrogen) atoms. The Balaban J connectivity index is 3.24. The highest BCUT2D eigenvalue weighted by molar-refractivity contribution is 7.91. The molecule has 0 heterocycles. The first kappa shape index (κ1) is 11.1. The van der Waals surface area contributed by atoms with Gasteiger partial charge in [0.25, 0.3) is 5.69 Å². The molecular formula is C8H6N2O4S. The number of hydrogen-bond acceptors (Lipinski definition) is 5. The Hall–Kier alpha value is -1.94. The zero-order valence-corrected chi connectivity index (χ0v) is 8.27. The first-order valence-corrected chi connectivity index (χ1v) is 5.47. The highest BCUT2D eigenvalue weighted by Crippen LogP contribution is 2.17. The van der Waals surface area contributed by atoms with Crippen LogP contribution in [0.1, 0.15) is 0 Å². The van der Waals surface area contributed by atoms with Crippen molar-refractivity contribution in [3.8, 4) is 6.07 Å². The number of benzene rings is 1. The molecule has 0 spiro atoms. The lowest BCUT2D eigenvalue weighted by Crippen LogP contribution is -2.05. The second-order valence-electron chi connectivity index (χ2n) is 2.67. The van der Waals surface area contributed by atoms with Crippen LogP contribution in [0.5, 0.6) is 0 Å². The number of nitro benzene ring substituents is 1. The van der Waals surface area contributed by atoms with Gasteiger partial charge in [0.2, 0.25) is 0 Å². The van der Waals surface area contributed by atoms with Crippen LogP contribution < -0.4 is 0 Å². The number of sulfone groups is 1. The van der Waals surface area contributed by atoms with Crippen LogP contribution in [0.4, 0.5) is 5.69 Å².